The van der Waals surface area contributed by atoms with Gasteiger partial charge in [0.15, 0.2) is 0 Å². The van der Waals surface area contributed by atoms with Crippen LogP contribution in [0.3, 0.4) is 0 Å². The first-order chi connectivity index (χ1) is 11.2. The summed E-state index contributed by atoms with van der Waals surface area (Å²) in [7, 11) is 0. The molecule has 0 spiro atoms. The number of rotatable bonds is 6. The number of anilines is 1. The molecule has 0 radical (unpaired) electrons. The third kappa shape index (κ3) is 3.14. The van der Waals surface area contributed by atoms with Crippen LogP contribution in [0.1, 0.15) is 0 Å². The number of benzene rings is 1. The molecule has 23 heavy (non-hydrogen) atoms. The molecular weight excluding hydrogens is 326 g/mol. The van der Waals surface area contributed by atoms with Gasteiger partial charge in [0.2, 0.25) is 5.28 Å². The lowest BCUT2D eigenvalue weighted by atomic mass is 10.1. The van der Waals surface area contributed by atoms with Gasteiger partial charge in [-0.1, -0.05) is 42.5 Å². The fourth-order valence-corrected chi connectivity index (χ4v) is 3.67. The van der Waals surface area contributed by atoms with Crippen molar-refractivity contribution in [1.29, 1.82) is 0 Å². The topological polar surface area (TPSA) is 29.0 Å². The minimum atomic E-state index is 0.257. The van der Waals surface area contributed by atoms with Gasteiger partial charge in [-0.15, -0.1) is 24.5 Å². The normalized spacial score (nSPS) is 10.7. The van der Waals surface area contributed by atoms with Crippen molar-refractivity contribution < 1.29 is 0 Å². The molecule has 0 aliphatic heterocycles. The maximum absolute atomic E-state index is 6.13. The molecule has 3 aromatic rings. The second kappa shape index (κ2) is 6.94. The van der Waals surface area contributed by atoms with E-state index in [2.05, 4.69) is 45.5 Å². The largest absolute Gasteiger partial charge is 0.348 e. The summed E-state index contributed by atoms with van der Waals surface area (Å²) in [5.74, 6) is 0.819. The molecule has 3 nitrogen and oxygen atoms in total. The number of fused-ring (bicyclic) bond motifs is 1. The second-order valence-electron chi connectivity index (χ2n) is 4.99. The van der Waals surface area contributed by atoms with Crippen molar-refractivity contribution in [2.45, 2.75) is 0 Å². The zero-order valence-electron chi connectivity index (χ0n) is 12.6. The van der Waals surface area contributed by atoms with Gasteiger partial charge in [-0.05, 0) is 17.2 Å². The Balaban J connectivity index is 2.25. The summed E-state index contributed by atoms with van der Waals surface area (Å²) in [5.41, 5.74) is 2.26. The predicted molar refractivity (Wildman–Crippen MR) is 100 cm³/mol. The molecule has 0 bridgehead atoms. The Morgan fingerprint density at radius 2 is 1.78 bits per heavy atom. The maximum Gasteiger partial charge on any atom is 0.225 e. The van der Waals surface area contributed by atoms with Crippen LogP contribution in [-0.2, 0) is 0 Å². The highest BCUT2D eigenvalue weighted by molar-refractivity contribution is 7.17. The molecule has 1 aromatic carbocycles. The molecule has 3 rings (SSSR count). The predicted octanol–water partition coefficient (Wildman–Crippen LogP) is 5.19. The maximum atomic E-state index is 6.13. The average Bonchev–Trinajstić information content (AvgIpc) is 2.98. The first-order valence-corrected chi connectivity index (χ1v) is 8.47. The third-order valence-corrected chi connectivity index (χ3v) is 4.51. The van der Waals surface area contributed by atoms with Crippen LogP contribution >= 0.6 is 22.9 Å². The highest BCUT2D eigenvalue weighted by Crippen LogP contribution is 2.38. The van der Waals surface area contributed by atoms with Crippen LogP contribution in [0.5, 0.6) is 0 Å². The summed E-state index contributed by atoms with van der Waals surface area (Å²) in [6, 6.07) is 10.2. The van der Waals surface area contributed by atoms with Gasteiger partial charge in [0.05, 0.1) is 5.39 Å². The summed E-state index contributed by atoms with van der Waals surface area (Å²) < 4.78 is 0. The molecule has 0 aliphatic rings. The average molecular weight is 342 g/mol. The van der Waals surface area contributed by atoms with E-state index in [0.717, 1.165) is 27.2 Å². The van der Waals surface area contributed by atoms with Gasteiger partial charge in [0, 0.05) is 24.0 Å². The minimum Gasteiger partial charge on any atom is -0.348 e. The molecule has 0 aliphatic carbocycles. The Morgan fingerprint density at radius 3 is 2.43 bits per heavy atom. The lowest BCUT2D eigenvalue weighted by Crippen LogP contribution is -2.24. The van der Waals surface area contributed by atoms with Crippen LogP contribution in [0.25, 0.3) is 21.3 Å². The molecule has 0 saturated carbocycles. The van der Waals surface area contributed by atoms with Gasteiger partial charge in [-0.25, -0.2) is 4.98 Å². The van der Waals surface area contributed by atoms with E-state index in [9.17, 15) is 0 Å². The highest BCUT2D eigenvalue weighted by atomic mass is 35.5. The fraction of sp³-hybridized carbons (Fsp3) is 0.111. The Kier molecular flexibility index (Phi) is 4.74. The van der Waals surface area contributed by atoms with Crippen LogP contribution < -0.4 is 4.90 Å². The van der Waals surface area contributed by atoms with Crippen molar-refractivity contribution in [3.05, 3.63) is 66.3 Å². The second-order valence-corrected chi connectivity index (χ2v) is 6.19. The smallest absolute Gasteiger partial charge is 0.225 e. The van der Waals surface area contributed by atoms with Crippen molar-refractivity contribution in [2.24, 2.45) is 0 Å². The van der Waals surface area contributed by atoms with E-state index in [1.54, 1.807) is 11.3 Å². The lowest BCUT2D eigenvalue weighted by molar-refractivity contribution is 0.929. The van der Waals surface area contributed by atoms with Crippen LogP contribution in [0.2, 0.25) is 5.28 Å². The summed E-state index contributed by atoms with van der Waals surface area (Å²) in [6.07, 6.45) is 3.69. The van der Waals surface area contributed by atoms with Crippen molar-refractivity contribution >= 4 is 39.0 Å². The summed E-state index contributed by atoms with van der Waals surface area (Å²) in [6.45, 7) is 8.99. The van der Waals surface area contributed by atoms with Gasteiger partial charge >= 0.3 is 0 Å². The van der Waals surface area contributed by atoms with E-state index < -0.39 is 0 Å². The first-order valence-electron chi connectivity index (χ1n) is 7.21. The number of halogens is 1. The van der Waals surface area contributed by atoms with Gasteiger partial charge in [0.25, 0.3) is 0 Å². The molecule has 0 atom stereocenters. The van der Waals surface area contributed by atoms with Crippen LogP contribution in [0, 0.1) is 0 Å². The quantitative estimate of drug-likeness (QED) is 0.456. The molecule has 2 aromatic heterocycles. The molecule has 0 saturated heterocycles. The third-order valence-electron chi connectivity index (χ3n) is 3.47. The molecule has 2 heterocycles. The Bertz CT molecular complexity index is 832. The molecular formula is C18H16ClN3S. The van der Waals surface area contributed by atoms with Gasteiger partial charge < -0.3 is 4.90 Å². The Morgan fingerprint density at radius 1 is 1.09 bits per heavy atom. The van der Waals surface area contributed by atoms with E-state index in [1.165, 1.54) is 0 Å². The number of hydrogen-bond acceptors (Lipinski definition) is 4. The fourth-order valence-electron chi connectivity index (χ4n) is 2.52. The molecule has 116 valence electrons. The number of thiophene rings is 1. The van der Waals surface area contributed by atoms with Crippen LogP contribution in [0.4, 0.5) is 5.82 Å². The summed E-state index contributed by atoms with van der Waals surface area (Å²) >= 11 is 7.71. The van der Waals surface area contributed by atoms with Crippen molar-refractivity contribution in [3.8, 4) is 11.1 Å². The monoisotopic (exact) mass is 341 g/mol. The molecule has 0 fully saturated rings. The summed E-state index contributed by atoms with van der Waals surface area (Å²) in [4.78, 5) is 11.8. The zero-order valence-corrected chi connectivity index (χ0v) is 14.1. The van der Waals surface area contributed by atoms with Crippen molar-refractivity contribution in [1.82, 2.24) is 9.97 Å². The first kappa shape index (κ1) is 15.7. The minimum absolute atomic E-state index is 0.257. The molecule has 5 heteroatoms. The standard InChI is InChI=1S/C18H16ClN3S/c1-3-10-22(11-4-2)16-15-14(13-8-6-5-7-9-13)12-23-17(15)21-18(19)20-16/h3-9,12H,1-2,10-11H2. The molecule has 0 N–H and O–H groups in total. The lowest BCUT2D eigenvalue weighted by Gasteiger charge is -2.21. The number of aromatic nitrogens is 2. The summed E-state index contributed by atoms with van der Waals surface area (Å²) in [5, 5.41) is 3.38. The SMILES string of the molecule is C=CCN(CC=C)c1nc(Cl)nc2scc(-c3ccccc3)c12. The van der Waals surface area contributed by atoms with Crippen LogP contribution in [0.15, 0.2) is 61.0 Å². The van der Waals surface area contributed by atoms with Gasteiger partial charge in [-0.2, -0.15) is 4.98 Å². The van der Waals surface area contributed by atoms with E-state index in [-0.39, 0.29) is 5.28 Å². The van der Waals surface area contributed by atoms with Crippen LogP contribution in [-0.4, -0.2) is 23.1 Å². The highest BCUT2D eigenvalue weighted by Gasteiger charge is 2.18. The van der Waals surface area contributed by atoms with Gasteiger partial charge in [0.1, 0.15) is 10.6 Å². The molecule has 0 amide bonds. The van der Waals surface area contributed by atoms with Gasteiger partial charge in [-0.3, -0.25) is 0 Å². The zero-order chi connectivity index (χ0) is 16.2. The van der Waals surface area contributed by atoms with E-state index in [1.807, 2.05) is 30.4 Å². The van der Waals surface area contributed by atoms with E-state index in [4.69, 9.17) is 11.6 Å². The van der Waals surface area contributed by atoms with Crippen molar-refractivity contribution in [3.63, 3.8) is 0 Å². The number of nitrogens with zero attached hydrogens (tertiary/aromatic N) is 3. The Hall–Kier alpha value is -2.17. The molecule has 0 unspecified atom stereocenters. The number of hydrogen-bond donors (Lipinski definition) is 0. The van der Waals surface area contributed by atoms with E-state index >= 15 is 0 Å². The van der Waals surface area contributed by atoms with Crippen molar-refractivity contribution in [2.75, 3.05) is 18.0 Å². The Labute approximate surface area is 144 Å². The van der Waals surface area contributed by atoms with E-state index in [0.29, 0.717) is 13.1 Å².